The summed E-state index contributed by atoms with van der Waals surface area (Å²) in [4.78, 5) is 24.9. The van der Waals surface area contributed by atoms with Gasteiger partial charge in [-0.3, -0.25) is 18.9 Å². The topological polar surface area (TPSA) is 149 Å². The highest BCUT2D eigenvalue weighted by molar-refractivity contribution is 7.92. The van der Waals surface area contributed by atoms with Gasteiger partial charge in [0.2, 0.25) is 21.8 Å². The number of aromatic nitrogens is 5. The maximum atomic E-state index is 14.5. The first-order valence-electron chi connectivity index (χ1n) is 15.5. The van der Waals surface area contributed by atoms with Crippen molar-refractivity contribution in [1.82, 2.24) is 29.9 Å². The lowest BCUT2D eigenvalue weighted by Gasteiger charge is -2.35. The van der Waals surface area contributed by atoms with Crippen LogP contribution in [-0.2, 0) is 41.4 Å². The summed E-state index contributed by atoms with van der Waals surface area (Å²) >= 11 is 6.64. The number of pyridine rings is 1. The summed E-state index contributed by atoms with van der Waals surface area (Å²) in [5, 5.41) is 12.5. The maximum absolute atomic E-state index is 14.5. The summed E-state index contributed by atoms with van der Waals surface area (Å²) < 4.78 is 64.1. The molecule has 0 spiro atoms. The number of carbonyl (C=O) groups excluding carboxylic acids is 1. The van der Waals surface area contributed by atoms with Crippen LogP contribution >= 0.6 is 11.6 Å². The standard InChI is InChI=1S/C33H34ClF2N9O4S/c1-18(2)24-10-11-44(40-24)17-27(46)37-25(14-19-12-21(35)15-22(36)13-19)33-39-31-20(6-9-28(38-31)49-4)16-45(33)26-8-7-23(34)29-30(26)43(3)41-32(29)42-50(5,47)48/h6-13,15,18,25H,14,16-17H2,1-5H3,(H,37,46)(H,41,42)/t25-/m0/s1. The first-order valence-corrected chi connectivity index (χ1v) is 17.8. The molecule has 0 radical (unpaired) electrons. The van der Waals surface area contributed by atoms with E-state index in [1.807, 2.05) is 24.8 Å². The van der Waals surface area contributed by atoms with E-state index in [0.717, 1.165) is 18.0 Å². The van der Waals surface area contributed by atoms with Gasteiger partial charge in [0, 0.05) is 37.4 Å². The van der Waals surface area contributed by atoms with E-state index >= 15 is 0 Å². The number of anilines is 2. The minimum Gasteiger partial charge on any atom is -0.481 e. The van der Waals surface area contributed by atoms with E-state index in [1.165, 1.54) is 28.6 Å². The fourth-order valence-electron chi connectivity index (χ4n) is 5.84. The molecule has 1 aliphatic heterocycles. The third-order valence-corrected chi connectivity index (χ3v) is 8.90. The molecule has 6 rings (SSSR count). The van der Waals surface area contributed by atoms with Gasteiger partial charge in [0.1, 0.15) is 24.0 Å². The van der Waals surface area contributed by atoms with E-state index < -0.39 is 33.6 Å². The second kappa shape index (κ2) is 13.7. The molecule has 4 heterocycles. The molecular formula is C33H34ClF2N9O4S. The monoisotopic (exact) mass is 725 g/mol. The van der Waals surface area contributed by atoms with Gasteiger partial charge in [0.25, 0.3) is 0 Å². The van der Waals surface area contributed by atoms with Crippen molar-refractivity contribution in [3.63, 3.8) is 0 Å². The lowest BCUT2D eigenvalue weighted by atomic mass is 10.0. The highest BCUT2D eigenvalue weighted by Crippen LogP contribution is 2.40. The first-order chi connectivity index (χ1) is 23.7. The van der Waals surface area contributed by atoms with Crippen LogP contribution < -0.4 is 19.7 Å². The van der Waals surface area contributed by atoms with Crippen LogP contribution in [0.5, 0.6) is 5.88 Å². The number of hydrogen-bond donors (Lipinski definition) is 2. The summed E-state index contributed by atoms with van der Waals surface area (Å²) in [5.74, 6) is -0.890. The van der Waals surface area contributed by atoms with E-state index in [2.05, 4.69) is 25.2 Å². The molecule has 0 fully saturated rings. The Balaban J connectivity index is 1.50. The smallest absolute Gasteiger partial charge is 0.242 e. The van der Waals surface area contributed by atoms with Crippen LogP contribution in [0.3, 0.4) is 0 Å². The number of amidine groups is 1. The van der Waals surface area contributed by atoms with E-state index in [1.54, 1.807) is 37.5 Å². The predicted molar refractivity (Wildman–Crippen MR) is 187 cm³/mol. The summed E-state index contributed by atoms with van der Waals surface area (Å²) in [5.41, 5.74) is 2.76. The Morgan fingerprint density at radius 3 is 2.48 bits per heavy atom. The van der Waals surface area contributed by atoms with Crippen molar-refractivity contribution in [2.45, 2.75) is 45.3 Å². The van der Waals surface area contributed by atoms with Crippen LogP contribution in [0.1, 0.15) is 36.6 Å². The molecular weight excluding hydrogens is 692 g/mol. The molecule has 262 valence electrons. The largest absolute Gasteiger partial charge is 0.481 e. The van der Waals surface area contributed by atoms with Crippen LogP contribution in [0.2, 0.25) is 5.02 Å². The Hall–Kier alpha value is -5.09. The molecule has 5 aromatic rings. The molecule has 1 aliphatic rings. The third-order valence-electron chi connectivity index (χ3n) is 8.02. The summed E-state index contributed by atoms with van der Waals surface area (Å²) in [6.07, 6.45) is 2.65. The molecule has 50 heavy (non-hydrogen) atoms. The number of carbonyl (C=O) groups is 1. The zero-order chi connectivity index (χ0) is 35.9. The number of rotatable bonds is 11. The van der Waals surface area contributed by atoms with Gasteiger partial charge >= 0.3 is 0 Å². The van der Waals surface area contributed by atoms with Crippen molar-refractivity contribution in [2.24, 2.45) is 12.0 Å². The Morgan fingerprint density at radius 2 is 1.82 bits per heavy atom. The molecule has 1 amide bonds. The molecule has 0 bridgehead atoms. The molecule has 0 unspecified atom stereocenters. The fourth-order valence-corrected chi connectivity index (χ4v) is 6.58. The van der Waals surface area contributed by atoms with E-state index in [0.29, 0.717) is 33.9 Å². The Kier molecular flexibility index (Phi) is 9.50. The first kappa shape index (κ1) is 34.8. The SMILES string of the molecule is COc1ccc2c(n1)N=C([C@H](Cc1cc(F)cc(F)c1)NC(=O)Cn1ccc(C(C)C)n1)N(c1ccc(Cl)c3c(NS(C)(=O)=O)nn(C)c13)C2. The third kappa shape index (κ3) is 7.40. The molecule has 3 aromatic heterocycles. The minimum absolute atomic E-state index is 0.0271. The van der Waals surface area contributed by atoms with Crippen molar-refractivity contribution in [3.05, 3.63) is 88.2 Å². The molecule has 1 atom stereocenters. The number of amides is 1. The van der Waals surface area contributed by atoms with Crippen molar-refractivity contribution in [1.29, 1.82) is 0 Å². The predicted octanol–water partition coefficient (Wildman–Crippen LogP) is 5.08. The minimum atomic E-state index is -3.72. The number of sulfonamides is 1. The summed E-state index contributed by atoms with van der Waals surface area (Å²) in [6, 6.07) is 10.9. The number of aryl methyl sites for hydroxylation is 1. The molecule has 13 nitrogen and oxygen atoms in total. The highest BCUT2D eigenvalue weighted by atomic mass is 35.5. The Bertz CT molecular complexity index is 2230. The second-order valence-electron chi connectivity index (χ2n) is 12.2. The highest BCUT2D eigenvalue weighted by Gasteiger charge is 2.33. The number of nitrogens with zero attached hydrogens (tertiary/aromatic N) is 7. The van der Waals surface area contributed by atoms with Gasteiger partial charge in [-0.05, 0) is 47.9 Å². The van der Waals surface area contributed by atoms with Crippen LogP contribution in [0, 0.1) is 11.6 Å². The number of nitrogens with one attached hydrogen (secondary N) is 2. The van der Waals surface area contributed by atoms with Crippen molar-refractivity contribution < 1.29 is 26.7 Å². The average molecular weight is 726 g/mol. The van der Waals surface area contributed by atoms with Gasteiger partial charge in [0.05, 0.1) is 53.3 Å². The van der Waals surface area contributed by atoms with Gasteiger partial charge in [0.15, 0.2) is 11.6 Å². The number of fused-ring (bicyclic) bond motifs is 2. The molecule has 2 N–H and O–H groups in total. The fraction of sp³-hybridized carbons (Fsp3) is 0.303. The van der Waals surface area contributed by atoms with Gasteiger partial charge in [-0.15, -0.1) is 0 Å². The Morgan fingerprint density at radius 1 is 1.08 bits per heavy atom. The molecule has 0 saturated carbocycles. The van der Waals surface area contributed by atoms with Crippen LogP contribution in [0.15, 0.2) is 59.7 Å². The summed E-state index contributed by atoms with van der Waals surface area (Å²) in [6.45, 7) is 4.04. The van der Waals surface area contributed by atoms with Crippen molar-refractivity contribution in [2.75, 3.05) is 23.0 Å². The number of methoxy groups -OCH3 is 1. The van der Waals surface area contributed by atoms with Crippen molar-refractivity contribution >= 4 is 61.6 Å². The van der Waals surface area contributed by atoms with Crippen LogP contribution in [0.25, 0.3) is 10.9 Å². The maximum Gasteiger partial charge on any atom is 0.242 e. The van der Waals surface area contributed by atoms with Gasteiger partial charge in [-0.25, -0.2) is 22.2 Å². The zero-order valence-electron chi connectivity index (χ0n) is 27.8. The number of ether oxygens (including phenoxy) is 1. The normalized spacial score (nSPS) is 13.7. The van der Waals surface area contributed by atoms with Gasteiger partial charge in [-0.2, -0.15) is 15.2 Å². The zero-order valence-corrected chi connectivity index (χ0v) is 29.4. The molecule has 0 aliphatic carbocycles. The lowest BCUT2D eigenvalue weighted by molar-refractivity contribution is -0.122. The molecule has 17 heteroatoms. The number of benzene rings is 2. The number of aliphatic imine (C=N–C) groups is 1. The molecule has 2 aromatic carbocycles. The van der Waals surface area contributed by atoms with Crippen LogP contribution in [-0.4, -0.2) is 64.1 Å². The van der Waals surface area contributed by atoms with Gasteiger partial charge in [-0.1, -0.05) is 25.4 Å². The Labute approximate surface area is 292 Å². The summed E-state index contributed by atoms with van der Waals surface area (Å²) in [7, 11) is -0.606. The number of hydrogen-bond acceptors (Lipinski definition) is 9. The van der Waals surface area contributed by atoms with Crippen LogP contribution in [0.4, 0.5) is 26.1 Å². The number of halogens is 3. The molecule has 0 saturated heterocycles. The quantitative estimate of drug-likeness (QED) is 0.192. The van der Waals surface area contributed by atoms with Gasteiger partial charge < -0.3 is 15.0 Å². The van der Waals surface area contributed by atoms with Crippen molar-refractivity contribution in [3.8, 4) is 5.88 Å². The van der Waals surface area contributed by atoms with E-state index in [4.69, 9.17) is 21.3 Å². The average Bonchev–Trinajstić information content (AvgIpc) is 3.63. The van der Waals surface area contributed by atoms with E-state index in [-0.39, 0.29) is 47.7 Å². The van der Waals surface area contributed by atoms with E-state index in [9.17, 15) is 22.0 Å². The second-order valence-corrected chi connectivity index (χ2v) is 14.4. The lowest BCUT2D eigenvalue weighted by Crippen LogP contribution is -2.51.